The van der Waals surface area contributed by atoms with Gasteiger partial charge in [-0.05, 0) is 54.7 Å². The van der Waals surface area contributed by atoms with E-state index in [1.807, 2.05) is 36.4 Å². The Bertz CT molecular complexity index is 1430. The number of benzene rings is 2. The van der Waals surface area contributed by atoms with Crippen molar-refractivity contribution in [3.05, 3.63) is 83.0 Å². The molecule has 0 radical (unpaired) electrons. The molecule has 2 saturated heterocycles. The topological polar surface area (TPSA) is 124 Å². The van der Waals surface area contributed by atoms with E-state index in [0.717, 1.165) is 11.1 Å². The van der Waals surface area contributed by atoms with Gasteiger partial charge in [0.1, 0.15) is 0 Å². The number of para-hydroxylation sites is 2. The summed E-state index contributed by atoms with van der Waals surface area (Å²) in [6.45, 7) is 1.59. The Labute approximate surface area is 237 Å². The van der Waals surface area contributed by atoms with Gasteiger partial charge in [0.25, 0.3) is 11.8 Å². The standard InChI is InChI=1S/C31H30N6O4/c38-28(14-20-12-22-16-34-26-8-3-1-6-24(26)30(40)36(22)18-20)32-10-5-11-33-29(39)15-21-13-23-17-35-27-9-4-2-7-25(27)31(41)37(23)19-21/h1-4,6-9,14-17,22-23H,5,10-13,18-19H2,(H,32,38)(H,33,39)/b20-14-,21-15-/t22-,23-/m1/s1. The van der Waals surface area contributed by atoms with Crippen LogP contribution in [-0.4, -0.2) is 84.1 Å². The lowest BCUT2D eigenvalue weighted by atomic mass is 10.1. The largest absolute Gasteiger partial charge is 0.352 e. The van der Waals surface area contributed by atoms with Crippen LogP contribution in [0.3, 0.4) is 0 Å². The lowest BCUT2D eigenvalue weighted by molar-refractivity contribution is -0.116. The predicted octanol–water partition coefficient (Wildman–Crippen LogP) is 2.72. The van der Waals surface area contributed by atoms with Crippen LogP contribution in [0.2, 0.25) is 0 Å². The van der Waals surface area contributed by atoms with Gasteiger partial charge >= 0.3 is 0 Å². The molecule has 4 heterocycles. The van der Waals surface area contributed by atoms with Crippen LogP contribution >= 0.6 is 0 Å². The Kier molecular flexibility index (Phi) is 7.28. The smallest absolute Gasteiger partial charge is 0.256 e. The molecule has 10 heteroatoms. The highest BCUT2D eigenvalue weighted by Crippen LogP contribution is 2.31. The lowest BCUT2D eigenvalue weighted by Crippen LogP contribution is -2.35. The first-order valence-electron chi connectivity index (χ1n) is 13.8. The zero-order valence-electron chi connectivity index (χ0n) is 22.5. The number of fused-ring (bicyclic) bond motifs is 4. The number of nitrogens with one attached hydrogen (secondary N) is 2. The fraction of sp³-hybridized carbons (Fsp3) is 0.290. The Morgan fingerprint density at radius 2 is 1.17 bits per heavy atom. The number of carbonyl (C=O) groups excluding carboxylic acids is 4. The van der Waals surface area contributed by atoms with Crippen LogP contribution in [0.1, 0.15) is 40.0 Å². The van der Waals surface area contributed by atoms with Gasteiger partial charge in [-0.25, -0.2) is 0 Å². The Morgan fingerprint density at radius 3 is 1.63 bits per heavy atom. The van der Waals surface area contributed by atoms with Crippen molar-refractivity contribution in [2.45, 2.75) is 31.3 Å². The van der Waals surface area contributed by atoms with E-state index < -0.39 is 0 Å². The highest BCUT2D eigenvalue weighted by atomic mass is 16.2. The molecule has 0 bridgehead atoms. The molecule has 0 unspecified atom stereocenters. The SMILES string of the molecule is O=C(/C=C1/C[C@@H]2C=Nc3ccccc3C(=O)N2C1)NCCCNC(=O)/C=C1/C[C@@H]2C=Nc3ccccc3C(=O)N2C1. The number of carbonyl (C=O) groups is 4. The van der Waals surface area contributed by atoms with Crippen molar-refractivity contribution in [2.75, 3.05) is 26.2 Å². The van der Waals surface area contributed by atoms with Gasteiger partial charge in [-0.2, -0.15) is 0 Å². The van der Waals surface area contributed by atoms with Crippen LogP contribution in [0.15, 0.2) is 81.8 Å². The summed E-state index contributed by atoms with van der Waals surface area (Å²) in [5.41, 5.74) is 4.24. The molecule has 0 aromatic heterocycles. The first kappa shape index (κ1) is 26.4. The summed E-state index contributed by atoms with van der Waals surface area (Å²) in [7, 11) is 0. The third-order valence-corrected chi connectivity index (χ3v) is 7.67. The fourth-order valence-corrected chi connectivity index (χ4v) is 5.64. The second-order valence-corrected chi connectivity index (χ2v) is 10.5. The third kappa shape index (κ3) is 5.58. The normalized spacial score (nSPS) is 22.6. The molecule has 208 valence electrons. The minimum atomic E-state index is -0.220. The third-order valence-electron chi connectivity index (χ3n) is 7.67. The molecule has 41 heavy (non-hydrogen) atoms. The van der Waals surface area contributed by atoms with Crippen LogP contribution in [0.5, 0.6) is 0 Å². The van der Waals surface area contributed by atoms with E-state index in [1.54, 1.807) is 46.5 Å². The average molecular weight is 551 g/mol. The summed E-state index contributed by atoms with van der Waals surface area (Å²) < 4.78 is 0. The zero-order chi connectivity index (χ0) is 28.3. The number of aliphatic imine (C=N–C) groups is 2. The van der Waals surface area contributed by atoms with Crippen molar-refractivity contribution >= 4 is 47.4 Å². The van der Waals surface area contributed by atoms with Gasteiger partial charge in [0.2, 0.25) is 11.8 Å². The number of hydrogen-bond donors (Lipinski definition) is 2. The highest BCUT2D eigenvalue weighted by molar-refractivity contribution is 6.04. The van der Waals surface area contributed by atoms with E-state index in [4.69, 9.17) is 0 Å². The van der Waals surface area contributed by atoms with Gasteiger partial charge < -0.3 is 20.4 Å². The highest BCUT2D eigenvalue weighted by Gasteiger charge is 2.35. The molecule has 4 amide bonds. The van der Waals surface area contributed by atoms with E-state index in [-0.39, 0.29) is 35.7 Å². The minimum absolute atomic E-state index is 0.0771. The van der Waals surface area contributed by atoms with E-state index in [0.29, 0.717) is 67.9 Å². The number of nitrogens with zero attached hydrogens (tertiary/aromatic N) is 4. The number of hydrogen-bond acceptors (Lipinski definition) is 6. The summed E-state index contributed by atoms with van der Waals surface area (Å²) in [5.74, 6) is -0.594. The Morgan fingerprint density at radius 1 is 0.732 bits per heavy atom. The molecular weight excluding hydrogens is 520 g/mol. The van der Waals surface area contributed by atoms with E-state index in [2.05, 4.69) is 20.6 Å². The number of amides is 4. The second-order valence-electron chi connectivity index (χ2n) is 10.5. The van der Waals surface area contributed by atoms with E-state index in [9.17, 15) is 19.2 Å². The Hall–Kier alpha value is -4.86. The minimum Gasteiger partial charge on any atom is -0.352 e. The van der Waals surface area contributed by atoms with Crippen molar-refractivity contribution in [1.29, 1.82) is 0 Å². The van der Waals surface area contributed by atoms with Crippen molar-refractivity contribution in [3.8, 4) is 0 Å². The second kappa shape index (κ2) is 11.3. The maximum absolute atomic E-state index is 13.0. The molecule has 2 aromatic carbocycles. The molecule has 0 spiro atoms. The van der Waals surface area contributed by atoms with Crippen LogP contribution < -0.4 is 10.6 Å². The zero-order valence-corrected chi connectivity index (χ0v) is 22.5. The van der Waals surface area contributed by atoms with Gasteiger partial charge in [0, 0.05) is 50.8 Å². The molecule has 10 nitrogen and oxygen atoms in total. The van der Waals surface area contributed by atoms with Crippen molar-refractivity contribution < 1.29 is 19.2 Å². The van der Waals surface area contributed by atoms with Crippen molar-refractivity contribution in [2.24, 2.45) is 9.98 Å². The Balaban J connectivity index is 0.936. The first-order valence-corrected chi connectivity index (χ1v) is 13.8. The maximum Gasteiger partial charge on any atom is 0.256 e. The summed E-state index contributed by atoms with van der Waals surface area (Å²) in [4.78, 5) is 63.3. The fourth-order valence-electron chi connectivity index (χ4n) is 5.64. The maximum atomic E-state index is 13.0. The van der Waals surface area contributed by atoms with Crippen LogP contribution in [0.4, 0.5) is 11.4 Å². The molecule has 0 saturated carbocycles. The molecule has 2 atom stereocenters. The summed E-state index contributed by atoms with van der Waals surface area (Å²) in [6.07, 6.45) is 8.40. The summed E-state index contributed by atoms with van der Waals surface area (Å²) in [5, 5.41) is 5.70. The molecule has 4 aliphatic rings. The first-order chi connectivity index (χ1) is 20.0. The molecule has 2 aromatic rings. The van der Waals surface area contributed by atoms with Crippen molar-refractivity contribution in [1.82, 2.24) is 20.4 Å². The molecular formula is C31H30N6O4. The van der Waals surface area contributed by atoms with Gasteiger partial charge in [0.05, 0.1) is 34.6 Å². The molecule has 0 aliphatic carbocycles. The van der Waals surface area contributed by atoms with Gasteiger partial charge in [-0.15, -0.1) is 0 Å². The molecule has 6 rings (SSSR count). The van der Waals surface area contributed by atoms with Crippen LogP contribution in [-0.2, 0) is 9.59 Å². The predicted molar refractivity (Wildman–Crippen MR) is 155 cm³/mol. The van der Waals surface area contributed by atoms with Gasteiger partial charge in [0.15, 0.2) is 0 Å². The molecule has 2 N–H and O–H groups in total. The van der Waals surface area contributed by atoms with Crippen molar-refractivity contribution in [3.63, 3.8) is 0 Å². The quantitative estimate of drug-likeness (QED) is 0.424. The van der Waals surface area contributed by atoms with Crippen LogP contribution in [0, 0.1) is 0 Å². The van der Waals surface area contributed by atoms with E-state index in [1.165, 1.54) is 0 Å². The lowest BCUT2D eigenvalue weighted by Gasteiger charge is -2.19. The summed E-state index contributed by atoms with van der Waals surface area (Å²) >= 11 is 0. The number of rotatable bonds is 6. The van der Waals surface area contributed by atoms with Gasteiger partial charge in [-0.1, -0.05) is 24.3 Å². The molecule has 2 fully saturated rings. The van der Waals surface area contributed by atoms with E-state index >= 15 is 0 Å². The average Bonchev–Trinajstić information content (AvgIpc) is 3.51. The van der Waals surface area contributed by atoms with Gasteiger partial charge in [-0.3, -0.25) is 29.2 Å². The molecule has 4 aliphatic heterocycles. The summed E-state index contributed by atoms with van der Waals surface area (Å²) in [6, 6.07) is 14.2. The monoisotopic (exact) mass is 550 g/mol. The van der Waals surface area contributed by atoms with Crippen LogP contribution in [0.25, 0.3) is 0 Å².